The largest absolute Gasteiger partial charge is 0.342 e. The van der Waals surface area contributed by atoms with Crippen LogP contribution in [0.2, 0.25) is 0 Å². The Balaban J connectivity index is 0.911. The van der Waals surface area contributed by atoms with Crippen LogP contribution >= 0.6 is 0 Å². The Bertz CT molecular complexity index is 1620. The Hall–Kier alpha value is -3.50. The zero-order chi connectivity index (χ0) is 24.8. The second-order valence-corrected chi connectivity index (χ2v) is 12.5. The zero-order valence-electron chi connectivity index (χ0n) is 21.5. The number of piperidine rings is 1. The quantitative estimate of drug-likeness (QED) is 0.304. The van der Waals surface area contributed by atoms with Crippen molar-refractivity contribution in [2.24, 2.45) is 22.7 Å². The first-order valence-corrected chi connectivity index (χ1v) is 14.4. The Kier molecular flexibility index (Phi) is 4.51. The first-order valence-electron chi connectivity index (χ1n) is 14.4. The molecule has 3 aromatic carbocycles. The second kappa shape index (κ2) is 8.00. The Morgan fingerprint density at radius 3 is 2.21 bits per heavy atom. The van der Waals surface area contributed by atoms with Crippen molar-refractivity contribution < 1.29 is 0 Å². The van der Waals surface area contributed by atoms with E-state index in [0.717, 1.165) is 35.9 Å². The van der Waals surface area contributed by atoms with Crippen LogP contribution < -0.4 is 5.32 Å². The zero-order valence-corrected chi connectivity index (χ0v) is 21.5. The number of nitrogens with zero attached hydrogens (tertiary/aromatic N) is 2. The van der Waals surface area contributed by atoms with Crippen LogP contribution in [0.3, 0.4) is 0 Å². The third-order valence-corrected chi connectivity index (χ3v) is 10.0. The van der Waals surface area contributed by atoms with E-state index in [-0.39, 0.29) is 0 Å². The SMILES string of the molecule is C1=C(c2ccc(-c3ccc4cc(-c5cnc(C6C[C@@H]7C[C@@H]7C6)[nH]5)ccc4c3)cc2)CC([C@@H]2C[C@H]3C[C@H]3N2)=N1. The summed E-state index contributed by atoms with van der Waals surface area (Å²) in [6.07, 6.45) is 11.8. The molecule has 0 amide bonds. The molecule has 0 spiro atoms. The number of hydrogen-bond acceptors (Lipinski definition) is 3. The van der Waals surface area contributed by atoms with Crippen molar-refractivity contribution in [1.82, 2.24) is 15.3 Å². The third kappa shape index (κ3) is 3.61. The topological polar surface area (TPSA) is 53.1 Å². The molecule has 4 fully saturated rings. The number of aromatic amines is 1. The van der Waals surface area contributed by atoms with Gasteiger partial charge in [-0.05, 0) is 95.0 Å². The summed E-state index contributed by atoms with van der Waals surface area (Å²) < 4.78 is 0. The summed E-state index contributed by atoms with van der Waals surface area (Å²) >= 11 is 0. The standard InChI is InChI=1S/C34H32N4/c1-3-20(29-16-31(35-17-29)32-15-27-14-30(27)37-32)4-2-19(1)21-5-6-23-10-24(8-7-22(23)9-21)33-18-36-34(38-33)28-12-25-11-26(25)13-28/h1-10,17-18,25-28,30,32,37H,11-16H2,(H,36,38)/t25-,26+,27-,28?,30-,32+/m1/s1. The van der Waals surface area contributed by atoms with Crippen LogP contribution in [0.5, 0.6) is 0 Å². The van der Waals surface area contributed by atoms with E-state index in [2.05, 4.69) is 77.2 Å². The average molecular weight is 497 g/mol. The van der Waals surface area contributed by atoms with Gasteiger partial charge in [-0.25, -0.2) is 4.98 Å². The smallest absolute Gasteiger partial charge is 0.109 e. The van der Waals surface area contributed by atoms with Crippen molar-refractivity contribution in [3.05, 3.63) is 84.4 Å². The highest BCUT2D eigenvalue weighted by Crippen LogP contribution is 2.57. The Morgan fingerprint density at radius 1 is 0.684 bits per heavy atom. The van der Waals surface area contributed by atoms with E-state index in [1.807, 2.05) is 6.20 Å². The minimum atomic E-state index is 0.498. The second-order valence-electron chi connectivity index (χ2n) is 12.5. The molecule has 4 aromatic rings. The minimum absolute atomic E-state index is 0.498. The molecule has 0 radical (unpaired) electrons. The first kappa shape index (κ1) is 21.4. The molecule has 5 aliphatic rings. The van der Waals surface area contributed by atoms with Crippen molar-refractivity contribution in [2.45, 2.75) is 56.5 Å². The molecule has 3 saturated carbocycles. The summed E-state index contributed by atoms with van der Waals surface area (Å²) in [4.78, 5) is 13.2. The molecule has 0 bridgehead atoms. The fraction of sp³-hybridized carbons (Fsp3) is 0.353. The summed E-state index contributed by atoms with van der Waals surface area (Å²) in [5.74, 6) is 4.69. The lowest BCUT2D eigenvalue weighted by atomic mass is 9.95. The van der Waals surface area contributed by atoms with E-state index >= 15 is 0 Å². The van der Waals surface area contributed by atoms with Gasteiger partial charge in [-0.15, -0.1) is 0 Å². The van der Waals surface area contributed by atoms with Crippen molar-refractivity contribution in [2.75, 3.05) is 0 Å². The number of H-pyrrole nitrogens is 1. The monoisotopic (exact) mass is 496 g/mol. The molecule has 1 aromatic heterocycles. The third-order valence-electron chi connectivity index (χ3n) is 10.0. The molecular weight excluding hydrogens is 464 g/mol. The number of rotatable bonds is 5. The molecule has 1 saturated heterocycles. The van der Waals surface area contributed by atoms with Gasteiger partial charge in [0.05, 0.1) is 11.9 Å². The van der Waals surface area contributed by atoms with Crippen LogP contribution in [-0.2, 0) is 0 Å². The van der Waals surface area contributed by atoms with Gasteiger partial charge in [0, 0.05) is 41.9 Å². The van der Waals surface area contributed by atoms with Gasteiger partial charge in [0.1, 0.15) is 5.82 Å². The van der Waals surface area contributed by atoms with Crippen LogP contribution in [0.25, 0.3) is 38.7 Å². The molecule has 38 heavy (non-hydrogen) atoms. The van der Waals surface area contributed by atoms with Crippen molar-refractivity contribution in [3.8, 4) is 22.4 Å². The van der Waals surface area contributed by atoms with E-state index in [0.29, 0.717) is 12.0 Å². The van der Waals surface area contributed by atoms with Crippen LogP contribution in [-0.4, -0.2) is 27.8 Å². The van der Waals surface area contributed by atoms with E-state index in [1.165, 1.54) is 82.2 Å². The van der Waals surface area contributed by atoms with Gasteiger partial charge in [0.2, 0.25) is 0 Å². The van der Waals surface area contributed by atoms with Gasteiger partial charge >= 0.3 is 0 Å². The number of fused-ring (bicyclic) bond motifs is 3. The number of nitrogens with one attached hydrogen (secondary N) is 2. The number of allylic oxidation sites excluding steroid dienone is 1. The fourth-order valence-corrected chi connectivity index (χ4v) is 7.51. The van der Waals surface area contributed by atoms with Gasteiger partial charge in [-0.1, -0.05) is 48.5 Å². The van der Waals surface area contributed by atoms with Crippen LogP contribution in [0.15, 0.2) is 78.1 Å². The van der Waals surface area contributed by atoms with Crippen molar-refractivity contribution in [1.29, 1.82) is 0 Å². The molecule has 2 aliphatic heterocycles. The summed E-state index contributed by atoms with van der Waals surface area (Å²) in [6, 6.07) is 23.9. The lowest BCUT2D eigenvalue weighted by Gasteiger charge is -2.14. The number of benzene rings is 3. The summed E-state index contributed by atoms with van der Waals surface area (Å²) in [6.45, 7) is 0. The highest BCUT2D eigenvalue weighted by molar-refractivity contribution is 6.02. The number of imidazole rings is 1. The predicted molar refractivity (Wildman–Crippen MR) is 154 cm³/mol. The molecule has 4 heteroatoms. The predicted octanol–water partition coefficient (Wildman–Crippen LogP) is 7.35. The van der Waals surface area contributed by atoms with E-state index in [1.54, 1.807) is 0 Å². The van der Waals surface area contributed by atoms with Gasteiger partial charge in [0.25, 0.3) is 0 Å². The van der Waals surface area contributed by atoms with Crippen LogP contribution in [0.4, 0.5) is 0 Å². The van der Waals surface area contributed by atoms with E-state index in [4.69, 9.17) is 9.98 Å². The van der Waals surface area contributed by atoms with E-state index < -0.39 is 0 Å². The maximum Gasteiger partial charge on any atom is 0.109 e. The van der Waals surface area contributed by atoms with Crippen molar-refractivity contribution >= 4 is 22.1 Å². The number of hydrogen-bond donors (Lipinski definition) is 2. The summed E-state index contributed by atoms with van der Waals surface area (Å²) in [5.41, 5.74) is 8.81. The Morgan fingerprint density at radius 2 is 1.42 bits per heavy atom. The molecule has 9 rings (SSSR count). The number of aliphatic imine (C=N–C) groups is 1. The van der Waals surface area contributed by atoms with Crippen LogP contribution in [0, 0.1) is 17.8 Å². The first-order chi connectivity index (χ1) is 18.7. The maximum atomic E-state index is 4.79. The normalized spacial score (nSPS) is 30.7. The Labute approximate surface area is 223 Å². The van der Waals surface area contributed by atoms with E-state index in [9.17, 15) is 0 Å². The van der Waals surface area contributed by atoms with Crippen LogP contribution in [0.1, 0.15) is 55.8 Å². The van der Waals surface area contributed by atoms with Gasteiger partial charge in [-0.2, -0.15) is 0 Å². The summed E-state index contributed by atoms with van der Waals surface area (Å²) in [7, 11) is 0. The molecule has 6 atom stereocenters. The molecule has 3 heterocycles. The molecule has 3 aliphatic carbocycles. The molecule has 2 N–H and O–H groups in total. The fourth-order valence-electron chi connectivity index (χ4n) is 7.51. The summed E-state index contributed by atoms with van der Waals surface area (Å²) in [5, 5.41) is 6.28. The molecular formula is C34H32N4. The lowest BCUT2D eigenvalue weighted by Crippen LogP contribution is -2.33. The minimum Gasteiger partial charge on any atom is -0.342 e. The average Bonchev–Trinajstić information content (AvgIpc) is 3.52. The number of aromatic nitrogens is 2. The highest BCUT2D eigenvalue weighted by Gasteiger charge is 2.47. The van der Waals surface area contributed by atoms with Gasteiger partial charge < -0.3 is 10.3 Å². The molecule has 1 unspecified atom stereocenters. The maximum absolute atomic E-state index is 4.79. The lowest BCUT2D eigenvalue weighted by molar-refractivity contribution is 0.596. The van der Waals surface area contributed by atoms with Gasteiger partial charge in [0.15, 0.2) is 0 Å². The molecule has 4 nitrogen and oxygen atoms in total. The molecule has 188 valence electrons. The van der Waals surface area contributed by atoms with Gasteiger partial charge in [-0.3, -0.25) is 4.99 Å². The van der Waals surface area contributed by atoms with Crippen molar-refractivity contribution in [3.63, 3.8) is 0 Å². The highest BCUT2D eigenvalue weighted by atomic mass is 15.1.